The lowest BCUT2D eigenvalue weighted by Crippen LogP contribution is -2.36. The van der Waals surface area contributed by atoms with E-state index in [9.17, 15) is 18.0 Å². The third-order valence-electron chi connectivity index (χ3n) is 5.74. The molecule has 2 aromatic carbocycles. The number of likely N-dealkylation sites (N-methyl/N-ethyl adjacent to an activating group) is 1. The second-order valence-electron chi connectivity index (χ2n) is 7.96. The van der Waals surface area contributed by atoms with Crippen molar-refractivity contribution in [3.05, 3.63) is 94.8 Å². The predicted molar refractivity (Wildman–Crippen MR) is 125 cm³/mol. The van der Waals surface area contributed by atoms with Gasteiger partial charge in [-0.05, 0) is 54.3 Å². The maximum absolute atomic E-state index is 13.0. The highest BCUT2D eigenvalue weighted by atomic mass is 19.4. The number of amides is 1. The van der Waals surface area contributed by atoms with Crippen LogP contribution in [0.25, 0.3) is 0 Å². The number of nitrogens with one attached hydrogen (secondary N) is 2. The monoisotopic (exact) mass is 471 g/mol. The van der Waals surface area contributed by atoms with Crippen LogP contribution in [0.1, 0.15) is 46.3 Å². The molecule has 0 aliphatic heterocycles. The fraction of sp³-hybridized carbons (Fsp3) is 0.308. The predicted octanol–water partition coefficient (Wildman–Crippen LogP) is 5.02. The molecule has 0 spiro atoms. The summed E-state index contributed by atoms with van der Waals surface area (Å²) in [6.07, 6.45) is -2.70. The second-order valence-corrected chi connectivity index (χ2v) is 7.96. The molecule has 3 aromatic rings. The second kappa shape index (κ2) is 11.2. The molecule has 5 nitrogen and oxygen atoms in total. The molecule has 0 aliphatic carbocycles. The van der Waals surface area contributed by atoms with E-state index in [1.165, 1.54) is 12.3 Å². The standard InChI is InChI=1S/C26H28F3N3O2/c1-17-9-10-19(15-22(17)34-3)21(20-11-12-23(32-16-20)26(27,28)29)13-14-31-24(25(33)30-2)18-7-5-4-6-8-18/h4-12,15-16,21,24,31H,13-14H2,1-3H3,(H,30,33)/t21-,24+/m0/s1. The van der Waals surface area contributed by atoms with Gasteiger partial charge in [0.05, 0.1) is 7.11 Å². The molecule has 1 amide bonds. The van der Waals surface area contributed by atoms with Gasteiger partial charge in [-0.15, -0.1) is 0 Å². The minimum Gasteiger partial charge on any atom is -0.496 e. The van der Waals surface area contributed by atoms with Crippen molar-refractivity contribution < 1.29 is 22.7 Å². The van der Waals surface area contributed by atoms with Gasteiger partial charge in [0.2, 0.25) is 5.91 Å². The Labute approximate surface area is 197 Å². The van der Waals surface area contributed by atoms with Gasteiger partial charge in [-0.2, -0.15) is 13.2 Å². The highest BCUT2D eigenvalue weighted by molar-refractivity contribution is 5.82. The summed E-state index contributed by atoms with van der Waals surface area (Å²) in [6, 6.07) is 17.0. The first kappa shape index (κ1) is 25.2. The van der Waals surface area contributed by atoms with Gasteiger partial charge in [0.25, 0.3) is 0 Å². The number of hydrogen-bond acceptors (Lipinski definition) is 4. The van der Waals surface area contributed by atoms with Crippen LogP contribution in [0.5, 0.6) is 5.75 Å². The summed E-state index contributed by atoms with van der Waals surface area (Å²) in [7, 11) is 3.16. The lowest BCUT2D eigenvalue weighted by atomic mass is 9.88. The Bertz CT molecular complexity index is 1090. The molecule has 0 bridgehead atoms. The van der Waals surface area contributed by atoms with Crippen LogP contribution in [0, 0.1) is 6.92 Å². The average Bonchev–Trinajstić information content (AvgIpc) is 2.84. The molecule has 0 aliphatic rings. The summed E-state index contributed by atoms with van der Waals surface area (Å²) in [5.41, 5.74) is 2.39. The highest BCUT2D eigenvalue weighted by Crippen LogP contribution is 2.33. The van der Waals surface area contributed by atoms with Crippen LogP contribution in [0.15, 0.2) is 66.9 Å². The van der Waals surface area contributed by atoms with Crippen molar-refractivity contribution in [1.82, 2.24) is 15.6 Å². The Kier molecular flexibility index (Phi) is 8.28. The first-order chi connectivity index (χ1) is 16.2. The lowest BCUT2D eigenvalue weighted by molar-refractivity contribution is -0.141. The molecule has 180 valence electrons. The third-order valence-corrected chi connectivity index (χ3v) is 5.74. The molecule has 34 heavy (non-hydrogen) atoms. The number of pyridine rings is 1. The van der Waals surface area contributed by atoms with Crippen LogP contribution in [0.2, 0.25) is 0 Å². The maximum atomic E-state index is 13.0. The van der Waals surface area contributed by atoms with Gasteiger partial charge in [-0.1, -0.05) is 48.5 Å². The number of ether oxygens (including phenoxy) is 1. The van der Waals surface area contributed by atoms with Crippen molar-refractivity contribution in [3.63, 3.8) is 0 Å². The number of benzene rings is 2. The first-order valence-electron chi connectivity index (χ1n) is 10.9. The van der Waals surface area contributed by atoms with E-state index in [1.54, 1.807) is 14.2 Å². The Morgan fingerprint density at radius 2 is 1.74 bits per heavy atom. The van der Waals surface area contributed by atoms with Crippen molar-refractivity contribution in [2.45, 2.75) is 31.5 Å². The summed E-state index contributed by atoms with van der Waals surface area (Å²) in [5, 5.41) is 5.96. The smallest absolute Gasteiger partial charge is 0.433 e. The van der Waals surface area contributed by atoms with E-state index in [4.69, 9.17) is 4.74 Å². The summed E-state index contributed by atoms with van der Waals surface area (Å²) >= 11 is 0. The molecule has 3 rings (SSSR count). The fourth-order valence-corrected chi connectivity index (χ4v) is 3.88. The van der Waals surface area contributed by atoms with E-state index < -0.39 is 17.9 Å². The molecule has 1 aromatic heterocycles. The topological polar surface area (TPSA) is 63.2 Å². The van der Waals surface area contributed by atoms with Crippen molar-refractivity contribution in [1.29, 1.82) is 0 Å². The van der Waals surface area contributed by atoms with Crippen molar-refractivity contribution >= 4 is 5.91 Å². The zero-order valence-electron chi connectivity index (χ0n) is 19.3. The fourth-order valence-electron chi connectivity index (χ4n) is 3.88. The molecular formula is C26H28F3N3O2. The molecule has 0 fully saturated rings. The first-order valence-corrected chi connectivity index (χ1v) is 10.9. The Balaban J connectivity index is 1.87. The number of nitrogens with zero attached hydrogens (tertiary/aromatic N) is 1. The average molecular weight is 472 g/mol. The number of carbonyl (C=O) groups is 1. The van der Waals surface area contributed by atoms with Crippen LogP contribution >= 0.6 is 0 Å². The van der Waals surface area contributed by atoms with Crippen molar-refractivity contribution in [2.75, 3.05) is 20.7 Å². The van der Waals surface area contributed by atoms with Crippen molar-refractivity contribution in [2.24, 2.45) is 0 Å². The SMILES string of the molecule is CNC(=O)[C@H](NCC[C@H](c1ccc(C(F)(F)F)nc1)c1ccc(C)c(OC)c1)c1ccccc1. The molecular weight excluding hydrogens is 443 g/mol. The van der Waals surface area contributed by atoms with Crippen LogP contribution in [0.4, 0.5) is 13.2 Å². The largest absolute Gasteiger partial charge is 0.496 e. The third kappa shape index (κ3) is 6.14. The van der Waals surface area contributed by atoms with E-state index in [1.807, 2.05) is 55.5 Å². The molecule has 0 saturated heterocycles. The van der Waals surface area contributed by atoms with Gasteiger partial charge >= 0.3 is 6.18 Å². The Hall–Kier alpha value is -3.39. The summed E-state index contributed by atoms with van der Waals surface area (Å²) in [5.74, 6) is 0.275. The summed E-state index contributed by atoms with van der Waals surface area (Å²) in [4.78, 5) is 16.1. The number of hydrogen-bond donors (Lipinski definition) is 2. The van der Waals surface area contributed by atoms with Gasteiger partial charge in [-0.3, -0.25) is 9.78 Å². The number of aromatic nitrogens is 1. The van der Waals surface area contributed by atoms with Gasteiger partial charge in [-0.25, -0.2) is 0 Å². The number of halogens is 3. The van der Waals surface area contributed by atoms with Crippen LogP contribution in [-0.2, 0) is 11.0 Å². The molecule has 0 saturated carbocycles. The lowest BCUT2D eigenvalue weighted by Gasteiger charge is -2.22. The number of carbonyl (C=O) groups excluding carboxylic acids is 1. The van der Waals surface area contributed by atoms with Gasteiger partial charge < -0.3 is 15.4 Å². The maximum Gasteiger partial charge on any atom is 0.433 e. The molecule has 1 heterocycles. The van der Waals surface area contributed by atoms with E-state index in [0.717, 1.165) is 22.8 Å². The van der Waals surface area contributed by atoms with Crippen LogP contribution in [-0.4, -0.2) is 31.6 Å². The van der Waals surface area contributed by atoms with Crippen LogP contribution < -0.4 is 15.4 Å². The van der Waals surface area contributed by atoms with E-state index in [-0.39, 0.29) is 11.8 Å². The zero-order chi connectivity index (χ0) is 24.7. The number of alkyl halides is 3. The number of rotatable bonds is 9. The number of methoxy groups -OCH3 is 1. The minimum absolute atomic E-state index is 0.170. The van der Waals surface area contributed by atoms with Gasteiger partial charge in [0.1, 0.15) is 17.5 Å². The van der Waals surface area contributed by atoms with E-state index in [0.29, 0.717) is 24.3 Å². The highest BCUT2D eigenvalue weighted by Gasteiger charge is 2.32. The summed E-state index contributed by atoms with van der Waals surface area (Å²) < 4.78 is 44.5. The normalized spacial score (nSPS) is 13.2. The quantitative estimate of drug-likeness (QED) is 0.460. The Morgan fingerprint density at radius 1 is 1.03 bits per heavy atom. The minimum atomic E-state index is -4.50. The molecule has 0 radical (unpaired) electrons. The number of aryl methyl sites for hydroxylation is 1. The van der Waals surface area contributed by atoms with Gasteiger partial charge in [0.15, 0.2) is 0 Å². The zero-order valence-corrected chi connectivity index (χ0v) is 19.3. The van der Waals surface area contributed by atoms with E-state index >= 15 is 0 Å². The van der Waals surface area contributed by atoms with Crippen molar-refractivity contribution in [3.8, 4) is 5.75 Å². The molecule has 2 N–H and O–H groups in total. The van der Waals surface area contributed by atoms with E-state index in [2.05, 4.69) is 15.6 Å². The summed E-state index contributed by atoms with van der Waals surface area (Å²) in [6.45, 7) is 2.36. The molecule has 0 unspecified atom stereocenters. The molecule has 8 heteroatoms. The molecule has 2 atom stereocenters. The van der Waals surface area contributed by atoms with Crippen LogP contribution in [0.3, 0.4) is 0 Å². The van der Waals surface area contributed by atoms with Gasteiger partial charge in [0, 0.05) is 19.2 Å². The Morgan fingerprint density at radius 3 is 2.32 bits per heavy atom.